The minimum Gasteiger partial charge on any atom is -0.395 e. The van der Waals surface area contributed by atoms with Crippen LogP contribution in [-0.4, -0.2) is 48.1 Å². The van der Waals surface area contributed by atoms with Crippen LogP contribution >= 0.6 is 0 Å². The standard InChI is InChI=1S/C15H22N2O3/c1-15(2,14(20)17(3)4)16-13(19)12(10-18)11-8-6-5-7-9-11/h5-9,12,18H,10H2,1-4H3,(H,16,19). The maximum atomic E-state index is 12.3. The Labute approximate surface area is 119 Å². The van der Waals surface area contributed by atoms with Crippen LogP contribution in [0.25, 0.3) is 0 Å². The van der Waals surface area contributed by atoms with E-state index >= 15 is 0 Å². The van der Waals surface area contributed by atoms with Gasteiger partial charge in [0.2, 0.25) is 11.8 Å². The van der Waals surface area contributed by atoms with Crippen molar-refractivity contribution in [1.29, 1.82) is 0 Å². The maximum Gasteiger partial charge on any atom is 0.247 e. The number of likely N-dealkylation sites (N-methyl/N-ethyl adjacent to an activating group) is 1. The van der Waals surface area contributed by atoms with Gasteiger partial charge in [0.25, 0.3) is 0 Å². The molecular weight excluding hydrogens is 256 g/mol. The summed E-state index contributed by atoms with van der Waals surface area (Å²) < 4.78 is 0. The van der Waals surface area contributed by atoms with Crippen LogP contribution in [0.4, 0.5) is 0 Å². The summed E-state index contributed by atoms with van der Waals surface area (Å²) in [6, 6.07) is 9.01. The van der Waals surface area contributed by atoms with Gasteiger partial charge in [0.15, 0.2) is 0 Å². The smallest absolute Gasteiger partial charge is 0.247 e. The number of rotatable bonds is 5. The summed E-state index contributed by atoms with van der Waals surface area (Å²) in [5.41, 5.74) is -0.288. The highest BCUT2D eigenvalue weighted by atomic mass is 16.3. The number of benzene rings is 1. The van der Waals surface area contributed by atoms with Crippen molar-refractivity contribution in [1.82, 2.24) is 10.2 Å². The first-order valence-electron chi connectivity index (χ1n) is 6.49. The first-order chi connectivity index (χ1) is 9.29. The molecule has 0 fully saturated rings. The van der Waals surface area contributed by atoms with Crippen LogP contribution < -0.4 is 5.32 Å². The first kappa shape index (κ1) is 16.2. The van der Waals surface area contributed by atoms with E-state index in [2.05, 4.69) is 5.32 Å². The molecule has 110 valence electrons. The zero-order valence-corrected chi connectivity index (χ0v) is 12.4. The fraction of sp³-hybridized carbons (Fsp3) is 0.467. The van der Waals surface area contributed by atoms with Crippen molar-refractivity contribution in [2.24, 2.45) is 0 Å². The lowest BCUT2D eigenvalue weighted by Gasteiger charge is -2.29. The molecule has 2 N–H and O–H groups in total. The number of nitrogens with zero attached hydrogens (tertiary/aromatic N) is 1. The summed E-state index contributed by atoms with van der Waals surface area (Å²) in [6.45, 7) is 2.99. The lowest BCUT2D eigenvalue weighted by atomic mass is 9.96. The Morgan fingerprint density at radius 3 is 2.25 bits per heavy atom. The molecule has 5 heteroatoms. The number of hydrogen-bond donors (Lipinski definition) is 2. The minimum absolute atomic E-state index is 0.199. The van der Waals surface area contributed by atoms with Gasteiger partial charge in [0.1, 0.15) is 5.54 Å². The quantitative estimate of drug-likeness (QED) is 0.835. The average Bonchev–Trinajstić information content (AvgIpc) is 2.39. The van der Waals surface area contributed by atoms with Gasteiger partial charge in [-0.15, -0.1) is 0 Å². The molecule has 0 aromatic heterocycles. The van der Waals surface area contributed by atoms with Crippen LogP contribution in [0.5, 0.6) is 0 Å². The lowest BCUT2D eigenvalue weighted by Crippen LogP contribution is -2.55. The molecule has 1 unspecified atom stereocenters. The van der Waals surface area contributed by atoms with Crippen molar-refractivity contribution in [3.05, 3.63) is 35.9 Å². The van der Waals surface area contributed by atoms with Crippen molar-refractivity contribution in [2.45, 2.75) is 25.3 Å². The number of carbonyl (C=O) groups is 2. The molecule has 1 atom stereocenters. The van der Waals surface area contributed by atoms with Crippen LogP contribution in [0.3, 0.4) is 0 Å². The number of aliphatic hydroxyl groups excluding tert-OH is 1. The molecule has 0 saturated heterocycles. The third kappa shape index (κ3) is 3.81. The Morgan fingerprint density at radius 2 is 1.80 bits per heavy atom. The number of hydrogen-bond acceptors (Lipinski definition) is 3. The van der Waals surface area contributed by atoms with Crippen LogP contribution in [0.2, 0.25) is 0 Å². The molecule has 0 saturated carbocycles. The van der Waals surface area contributed by atoms with E-state index < -0.39 is 11.5 Å². The Balaban J connectivity index is 2.86. The predicted molar refractivity (Wildman–Crippen MR) is 77.2 cm³/mol. The number of nitrogens with one attached hydrogen (secondary N) is 1. The monoisotopic (exact) mass is 278 g/mol. The third-order valence-corrected chi connectivity index (χ3v) is 3.08. The molecule has 20 heavy (non-hydrogen) atoms. The molecule has 1 rings (SSSR count). The van der Waals surface area contributed by atoms with E-state index in [9.17, 15) is 14.7 Å². The molecule has 0 aliphatic carbocycles. The normalized spacial score (nSPS) is 12.7. The van der Waals surface area contributed by atoms with Gasteiger partial charge in [-0.05, 0) is 19.4 Å². The van der Waals surface area contributed by atoms with Gasteiger partial charge in [0, 0.05) is 14.1 Å². The molecule has 0 aliphatic rings. The molecule has 0 radical (unpaired) electrons. The summed E-state index contributed by atoms with van der Waals surface area (Å²) in [4.78, 5) is 25.7. The number of carbonyl (C=O) groups excluding carboxylic acids is 2. The van der Waals surface area contributed by atoms with E-state index in [4.69, 9.17) is 0 Å². The topological polar surface area (TPSA) is 69.6 Å². The largest absolute Gasteiger partial charge is 0.395 e. The summed E-state index contributed by atoms with van der Waals surface area (Å²) in [7, 11) is 3.27. The van der Waals surface area contributed by atoms with E-state index in [1.54, 1.807) is 52.2 Å². The molecular formula is C15H22N2O3. The van der Waals surface area contributed by atoms with Crippen molar-refractivity contribution in [2.75, 3.05) is 20.7 Å². The highest BCUT2D eigenvalue weighted by Gasteiger charge is 2.33. The van der Waals surface area contributed by atoms with Gasteiger partial charge in [-0.3, -0.25) is 9.59 Å². The SMILES string of the molecule is CN(C)C(=O)C(C)(C)NC(=O)C(CO)c1ccccc1. The minimum atomic E-state index is -1.01. The molecule has 0 bridgehead atoms. The Morgan fingerprint density at radius 1 is 1.25 bits per heavy atom. The molecule has 1 aromatic carbocycles. The van der Waals surface area contributed by atoms with Gasteiger partial charge in [-0.25, -0.2) is 0 Å². The molecule has 0 aliphatic heterocycles. The molecule has 1 aromatic rings. The fourth-order valence-corrected chi connectivity index (χ4v) is 2.03. The van der Waals surface area contributed by atoms with Crippen LogP contribution in [0, 0.1) is 0 Å². The van der Waals surface area contributed by atoms with E-state index in [0.29, 0.717) is 0 Å². The van der Waals surface area contributed by atoms with Crippen LogP contribution in [-0.2, 0) is 9.59 Å². The zero-order chi connectivity index (χ0) is 15.3. The lowest BCUT2D eigenvalue weighted by molar-refractivity contribution is -0.138. The van der Waals surface area contributed by atoms with Crippen molar-refractivity contribution >= 4 is 11.8 Å². The number of amides is 2. The Bertz CT molecular complexity index is 469. The second kappa shape index (κ2) is 6.52. The van der Waals surface area contributed by atoms with Crippen LogP contribution in [0.15, 0.2) is 30.3 Å². The first-order valence-corrected chi connectivity index (χ1v) is 6.49. The third-order valence-electron chi connectivity index (χ3n) is 3.08. The van der Waals surface area contributed by atoms with Gasteiger partial charge < -0.3 is 15.3 Å². The van der Waals surface area contributed by atoms with Crippen molar-refractivity contribution in [3.63, 3.8) is 0 Å². The van der Waals surface area contributed by atoms with Crippen molar-refractivity contribution < 1.29 is 14.7 Å². The zero-order valence-electron chi connectivity index (χ0n) is 12.4. The summed E-state index contributed by atoms with van der Waals surface area (Å²) in [5.74, 6) is -1.24. The maximum absolute atomic E-state index is 12.3. The second-order valence-electron chi connectivity index (χ2n) is 5.46. The summed E-state index contributed by atoms with van der Waals surface area (Å²) in [6.07, 6.45) is 0. The molecule has 0 spiro atoms. The van der Waals surface area contributed by atoms with E-state index in [1.165, 1.54) is 4.90 Å². The van der Waals surface area contributed by atoms with Gasteiger partial charge in [0.05, 0.1) is 12.5 Å². The van der Waals surface area contributed by atoms with Gasteiger partial charge in [-0.2, -0.15) is 0 Å². The van der Waals surface area contributed by atoms with E-state index in [-0.39, 0.29) is 18.4 Å². The van der Waals surface area contributed by atoms with Gasteiger partial charge in [-0.1, -0.05) is 30.3 Å². The van der Waals surface area contributed by atoms with Gasteiger partial charge >= 0.3 is 0 Å². The highest BCUT2D eigenvalue weighted by Crippen LogP contribution is 2.17. The summed E-state index contributed by atoms with van der Waals surface area (Å²) >= 11 is 0. The molecule has 5 nitrogen and oxygen atoms in total. The Hall–Kier alpha value is -1.88. The molecule has 0 heterocycles. The second-order valence-corrected chi connectivity index (χ2v) is 5.46. The van der Waals surface area contributed by atoms with E-state index in [1.807, 2.05) is 6.07 Å². The predicted octanol–water partition coefficient (Wildman–Crippen LogP) is 0.746. The van der Waals surface area contributed by atoms with E-state index in [0.717, 1.165) is 5.56 Å². The number of aliphatic hydroxyl groups is 1. The fourth-order valence-electron chi connectivity index (χ4n) is 2.03. The molecule has 2 amide bonds. The average molecular weight is 278 g/mol. The van der Waals surface area contributed by atoms with Crippen LogP contribution in [0.1, 0.15) is 25.3 Å². The highest BCUT2D eigenvalue weighted by molar-refractivity contribution is 5.92. The summed E-state index contributed by atoms with van der Waals surface area (Å²) in [5, 5.41) is 12.1. The van der Waals surface area contributed by atoms with Crippen molar-refractivity contribution in [3.8, 4) is 0 Å². The Kier molecular flexibility index (Phi) is 5.27.